The van der Waals surface area contributed by atoms with Crippen molar-refractivity contribution in [2.24, 2.45) is 0 Å². The summed E-state index contributed by atoms with van der Waals surface area (Å²) in [4.78, 5) is 12.3. The molecule has 1 N–H and O–H groups in total. The van der Waals surface area contributed by atoms with E-state index in [1.807, 2.05) is 24.3 Å². The Morgan fingerprint density at radius 3 is 2.59 bits per heavy atom. The van der Waals surface area contributed by atoms with E-state index in [9.17, 15) is 4.79 Å². The molecule has 0 aliphatic rings. The zero-order valence-electron chi connectivity index (χ0n) is 9.72. The first-order chi connectivity index (χ1) is 8.15. The Morgan fingerprint density at radius 2 is 2.12 bits per heavy atom. The van der Waals surface area contributed by atoms with E-state index in [-0.39, 0.29) is 6.54 Å². The van der Waals surface area contributed by atoms with Gasteiger partial charge in [-0.2, -0.15) is 0 Å². The first-order valence-electron chi connectivity index (χ1n) is 5.16. The van der Waals surface area contributed by atoms with Crippen molar-refractivity contribution in [1.29, 1.82) is 0 Å². The van der Waals surface area contributed by atoms with Gasteiger partial charge in [-0.15, -0.1) is 6.42 Å². The lowest BCUT2D eigenvalue weighted by molar-refractivity contribution is -0.138. The molecule has 0 saturated heterocycles. The summed E-state index contributed by atoms with van der Waals surface area (Å²) in [7, 11) is 1.60. The number of carboxylic acid groups (broad SMARTS) is 1. The molecule has 0 unspecified atom stereocenters. The van der Waals surface area contributed by atoms with Gasteiger partial charge in [0.25, 0.3) is 0 Å². The highest BCUT2D eigenvalue weighted by atomic mass is 16.5. The quantitative estimate of drug-likeness (QED) is 0.750. The fraction of sp³-hybridized carbons (Fsp3) is 0.308. The number of hydrogen-bond acceptors (Lipinski definition) is 3. The molecule has 0 amide bonds. The number of terminal acetylenes is 1. The van der Waals surface area contributed by atoms with Crippen molar-refractivity contribution in [1.82, 2.24) is 4.90 Å². The molecule has 1 aromatic rings. The lowest BCUT2D eigenvalue weighted by Crippen LogP contribution is -2.29. The molecule has 4 heteroatoms. The van der Waals surface area contributed by atoms with E-state index in [0.29, 0.717) is 13.1 Å². The second kappa shape index (κ2) is 6.56. The topological polar surface area (TPSA) is 49.8 Å². The van der Waals surface area contributed by atoms with Crippen LogP contribution in [0.2, 0.25) is 0 Å². The van der Waals surface area contributed by atoms with E-state index in [0.717, 1.165) is 11.3 Å². The predicted octanol–water partition coefficient (Wildman–Crippen LogP) is 1.22. The smallest absolute Gasteiger partial charge is 0.317 e. The first kappa shape index (κ1) is 13.1. The van der Waals surface area contributed by atoms with E-state index in [1.54, 1.807) is 12.0 Å². The fourth-order valence-electron chi connectivity index (χ4n) is 1.48. The zero-order chi connectivity index (χ0) is 12.7. The highest BCUT2D eigenvalue weighted by Gasteiger charge is 2.08. The largest absolute Gasteiger partial charge is 0.497 e. The molecule has 0 spiro atoms. The lowest BCUT2D eigenvalue weighted by atomic mass is 10.2. The lowest BCUT2D eigenvalue weighted by Gasteiger charge is -2.17. The van der Waals surface area contributed by atoms with Crippen LogP contribution in [0.3, 0.4) is 0 Å². The summed E-state index contributed by atoms with van der Waals surface area (Å²) < 4.78 is 5.05. The number of carbonyl (C=O) groups is 1. The van der Waals surface area contributed by atoms with Gasteiger partial charge in [-0.25, -0.2) is 0 Å². The molecule has 4 nitrogen and oxygen atoms in total. The van der Waals surface area contributed by atoms with Gasteiger partial charge in [0.1, 0.15) is 5.75 Å². The van der Waals surface area contributed by atoms with Crippen molar-refractivity contribution in [3.63, 3.8) is 0 Å². The molecular weight excluding hydrogens is 218 g/mol. The summed E-state index contributed by atoms with van der Waals surface area (Å²) in [5.74, 6) is 2.35. The molecule has 90 valence electrons. The van der Waals surface area contributed by atoms with Gasteiger partial charge in [-0.3, -0.25) is 9.69 Å². The van der Waals surface area contributed by atoms with Crippen LogP contribution in [0.15, 0.2) is 24.3 Å². The molecular formula is C13H15NO3. The third-order valence-corrected chi connectivity index (χ3v) is 2.24. The van der Waals surface area contributed by atoms with Crippen LogP contribution in [0.25, 0.3) is 0 Å². The van der Waals surface area contributed by atoms with Gasteiger partial charge < -0.3 is 9.84 Å². The van der Waals surface area contributed by atoms with Crippen LogP contribution in [0.5, 0.6) is 5.75 Å². The molecule has 1 rings (SSSR count). The highest BCUT2D eigenvalue weighted by molar-refractivity contribution is 5.69. The number of ether oxygens (including phenoxy) is 1. The van der Waals surface area contributed by atoms with Crippen molar-refractivity contribution in [2.45, 2.75) is 6.54 Å². The molecule has 0 radical (unpaired) electrons. The molecule has 0 atom stereocenters. The van der Waals surface area contributed by atoms with Crippen LogP contribution in [-0.2, 0) is 11.3 Å². The number of benzene rings is 1. The number of carboxylic acids is 1. The van der Waals surface area contributed by atoms with Crippen molar-refractivity contribution in [3.05, 3.63) is 29.8 Å². The van der Waals surface area contributed by atoms with E-state index in [4.69, 9.17) is 16.3 Å². The SMILES string of the molecule is C#CCN(CC(=O)O)Cc1ccc(OC)cc1. The van der Waals surface area contributed by atoms with Crippen molar-refractivity contribution in [3.8, 4) is 18.1 Å². The standard InChI is InChI=1S/C13H15NO3/c1-3-8-14(10-13(15)16)9-11-4-6-12(17-2)7-5-11/h1,4-7H,8-10H2,2H3,(H,15,16). The van der Waals surface area contributed by atoms with Crippen LogP contribution in [0, 0.1) is 12.3 Å². The Morgan fingerprint density at radius 1 is 1.47 bits per heavy atom. The third kappa shape index (κ3) is 4.58. The van der Waals surface area contributed by atoms with Crippen molar-refractivity contribution >= 4 is 5.97 Å². The minimum atomic E-state index is -0.881. The van der Waals surface area contributed by atoms with E-state index in [1.165, 1.54) is 0 Å². The Labute approximate surface area is 101 Å². The van der Waals surface area contributed by atoms with Crippen LogP contribution < -0.4 is 4.74 Å². The van der Waals surface area contributed by atoms with Crippen LogP contribution >= 0.6 is 0 Å². The molecule has 0 bridgehead atoms. The Balaban J connectivity index is 2.65. The molecule has 0 aliphatic carbocycles. The van der Waals surface area contributed by atoms with Gasteiger partial charge in [0.05, 0.1) is 20.2 Å². The number of methoxy groups -OCH3 is 1. The van der Waals surface area contributed by atoms with Gasteiger partial charge in [-0.05, 0) is 17.7 Å². The summed E-state index contributed by atoms with van der Waals surface area (Å²) in [6.07, 6.45) is 5.20. The molecule has 0 aromatic heterocycles. The maximum absolute atomic E-state index is 10.6. The summed E-state index contributed by atoms with van der Waals surface area (Å²) in [6, 6.07) is 7.46. The van der Waals surface area contributed by atoms with Crippen molar-refractivity contribution in [2.75, 3.05) is 20.2 Å². The minimum Gasteiger partial charge on any atom is -0.497 e. The second-order valence-corrected chi connectivity index (χ2v) is 3.59. The molecule has 0 fully saturated rings. The van der Waals surface area contributed by atoms with E-state index >= 15 is 0 Å². The van der Waals surface area contributed by atoms with Gasteiger partial charge in [0.15, 0.2) is 0 Å². The van der Waals surface area contributed by atoms with Gasteiger partial charge in [0.2, 0.25) is 0 Å². The molecule has 17 heavy (non-hydrogen) atoms. The minimum absolute atomic E-state index is 0.0593. The van der Waals surface area contributed by atoms with Crippen molar-refractivity contribution < 1.29 is 14.6 Å². The summed E-state index contributed by atoms with van der Waals surface area (Å²) in [5.41, 5.74) is 1.00. The van der Waals surface area contributed by atoms with E-state index < -0.39 is 5.97 Å². The Hall–Kier alpha value is -1.99. The number of aliphatic carboxylic acids is 1. The monoisotopic (exact) mass is 233 g/mol. The summed E-state index contributed by atoms with van der Waals surface area (Å²) in [5, 5.41) is 8.74. The van der Waals surface area contributed by atoms with Crippen LogP contribution in [0.1, 0.15) is 5.56 Å². The Bertz CT molecular complexity index is 406. The molecule has 0 aliphatic heterocycles. The summed E-state index contributed by atoms with van der Waals surface area (Å²) >= 11 is 0. The summed E-state index contributed by atoms with van der Waals surface area (Å²) in [6.45, 7) is 0.773. The average Bonchev–Trinajstić information content (AvgIpc) is 2.29. The van der Waals surface area contributed by atoms with Crippen LogP contribution in [-0.4, -0.2) is 36.2 Å². The maximum atomic E-state index is 10.6. The number of rotatable bonds is 6. The second-order valence-electron chi connectivity index (χ2n) is 3.59. The normalized spacial score (nSPS) is 9.94. The fourth-order valence-corrected chi connectivity index (χ4v) is 1.48. The number of nitrogens with zero attached hydrogens (tertiary/aromatic N) is 1. The highest BCUT2D eigenvalue weighted by Crippen LogP contribution is 2.12. The molecule has 0 heterocycles. The van der Waals surface area contributed by atoms with Crippen LogP contribution in [0.4, 0.5) is 0 Å². The molecule has 1 aromatic carbocycles. The average molecular weight is 233 g/mol. The predicted molar refractivity (Wildman–Crippen MR) is 64.7 cm³/mol. The first-order valence-corrected chi connectivity index (χ1v) is 5.16. The van der Waals surface area contributed by atoms with Gasteiger partial charge in [-0.1, -0.05) is 18.1 Å². The maximum Gasteiger partial charge on any atom is 0.317 e. The Kier molecular flexibility index (Phi) is 5.05. The van der Waals surface area contributed by atoms with Gasteiger partial charge >= 0.3 is 5.97 Å². The number of hydrogen-bond donors (Lipinski definition) is 1. The zero-order valence-corrected chi connectivity index (χ0v) is 9.72. The van der Waals surface area contributed by atoms with Gasteiger partial charge in [0, 0.05) is 6.54 Å². The molecule has 0 saturated carbocycles. The third-order valence-electron chi connectivity index (χ3n) is 2.24. The van der Waals surface area contributed by atoms with E-state index in [2.05, 4.69) is 5.92 Å².